The number of hydrogen-bond donors (Lipinski definition) is 0. The van der Waals surface area contributed by atoms with Crippen LogP contribution in [-0.2, 0) is 0 Å². The molecule has 0 spiro atoms. The molecule has 13 heavy (non-hydrogen) atoms. The van der Waals surface area contributed by atoms with Crippen LogP contribution in [0.25, 0.3) is 0 Å². The van der Waals surface area contributed by atoms with Gasteiger partial charge in [0, 0.05) is 12.1 Å². The lowest BCUT2D eigenvalue weighted by Crippen LogP contribution is -2.58. The van der Waals surface area contributed by atoms with Crippen LogP contribution in [-0.4, -0.2) is 33.2 Å². The number of carbonyl (C=O) groups excluding carboxylic acids is 1. The minimum absolute atomic E-state index is 0.0456. The van der Waals surface area contributed by atoms with Gasteiger partial charge in [0.25, 0.3) is 5.91 Å². The SMILES string of the molecule is CC1(C)CCN1C(=O)c1cnon1. The summed E-state index contributed by atoms with van der Waals surface area (Å²) in [4.78, 5) is 13.4. The molecule has 1 saturated heterocycles. The lowest BCUT2D eigenvalue weighted by Gasteiger charge is -2.47. The van der Waals surface area contributed by atoms with Gasteiger partial charge in [-0.25, -0.2) is 4.63 Å². The van der Waals surface area contributed by atoms with Crippen LogP contribution >= 0.6 is 0 Å². The molecule has 1 aromatic heterocycles. The van der Waals surface area contributed by atoms with Gasteiger partial charge in [0.1, 0.15) is 6.20 Å². The van der Waals surface area contributed by atoms with Gasteiger partial charge in [-0.05, 0) is 25.4 Å². The van der Waals surface area contributed by atoms with Gasteiger partial charge in [0.05, 0.1) is 0 Å². The molecular formula is C8H11N3O2. The van der Waals surface area contributed by atoms with Crippen molar-refractivity contribution in [1.29, 1.82) is 0 Å². The largest absolute Gasteiger partial charge is 0.332 e. The molecule has 2 rings (SSSR count). The van der Waals surface area contributed by atoms with Gasteiger partial charge in [-0.15, -0.1) is 0 Å². The molecule has 0 atom stereocenters. The van der Waals surface area contributed by atoms with E-state index in [1.165, 1.54) is 6.20 Å². The zero-order chi connectivity index (χ0) is 9.47. The highest BCUT2D eigenvalue weighted by Crippen LogP contribution is 2.30. The molecule has 0 radical (unpaired) electrons. The van der Waals surface area contributed by atoms with Gasteiger partial charge in [-0.2, -0.15) is 0 Å². The Balaban J connectivity index is 2.15. The third kappa shape index (κ3) is 1.20. The predicted octanol–water partition coefficient (Wildman–Crippen LogP) is 0.694. The fraction of sp³-hybridized carbons (Fsp3) is 0.625. The van der Waals surface area contributed by atoms with Gasteiger partial charge < -0.3 is 4.90 Å². The summed E-state index contributed by atoms with van der Waals surface area (Å²) in [6, 6.07) is 0. The van der Waals surface area contributed by atoms with Gasteiger partial charge in [0.2, 0.25) is 0 Å². The zero-order valence-electron chi connectivity index (χ0n) is 7.65. The smallest absolute Gasteiger partial charge is 0.278 e. The molecule has 5 heteroatoms. The average Bonchev–Trinajstić information content (AvgIpc) is 2.54. The van der Waals surface area contributed by atoms with E-state index in [1.807, 2.05) is 13.8 Å². The first kappa shape index (κ1) is 8.22. The van der Waals surface area contributed by atoms with Crippen molar-refractivity contribution in [3.8, 4) is 0 Å². The predicted molar refractivity (Wildman–Crippen MR) is 44.0 cm³/mol. The fourth-order valence-corrected chi connectivity index (χ4v) is 1.44. The Bertz CT molecular complexity index is 318. The van der Waals surface area contributed by atoms with Crippen LogP contribution in [0.1, 0.15) is 30.8 Å². The summed E-state index contributed by atoms with van der Waals surface area (Å²) in [5.74, 6) is -0.0995. The molecule has 1 aromatic rings. The second-order valence-corrected chi connectivity index (χ2v) is 3.81. The molecule has 1 aliphatic rings. The third-order valence-corrected chi connectivity index (χ3v) is 2.50. The number of likely N-dealkylation sites (tertiary alicyclic amines) is 1. The molecule has 1 fully saturated rings. The van der Waals surface area contributed by atoms with E-state index in [4.69, 9.17) is 0 Å². The van der Waals surface area contributed by atoms with Gasteiger partial charge in [0.15, 0.2) is 5.69 Å². The summed E-state index contributed by atoms with van der Waals surface area (Å²) >= 11 is 0. The quantitative estimate of drug-likeness (QED) is 0.639. The molecule has 1 amide bonds. The van der Waals surface area contributed by atoms with Gasteiger partial charge in [-0.1, -0.05) is 5.16 Å². The van der Waals surface area contributed by atoms with E-state index >= 15 is 0 Å². The molecule has 0 aromatic carbocycles. The van der Waals surface area contributed by atoms with E-state index in [0.29, 0.717) is 0 Å². The number of amides is 1. The Morgan fingerprint density at radius 1 is 1.69 bits per heavy atom. The van der Waals surface area contributed by atoms with Crippen molar-refractivity contribution in [1.82, 2.24) is 15.2 Å². The first-order chi connectivity index (χ1) is 6.11. The molecule has 0 unspecified atom stereocenters. The van der Waals surface area contributed by atoms with E-state index in [1.54, 1.807) is 4.90 Å². The summed E-state index contributed by atoms with van der Waals surface area (Å²) in [5.41, 5.74) is 0.239. The maximum atomic E-state index is 11.7. The van der Waals surface area contributed by atoms with E-state index < -0.39 is 0 Å². The highest BCUT2D eigenvalue weighted by molar-refractivity contribution is 5.92. The monoisotopic (exact) mass is 181 g/mol. The Hall–Kier alpha value is -1.39. The molecule has 0 N–H and O–H groups in total. The van der Waals surface area contributed by atoms with Gasteiger partial charge in [-0.3, -0.25) is 4.79 Å². The highest BCUT2D eigenvalue weighted by atomic mass is 16.6. The normalized spacial score (nSPS) is 19.7. The van der Waals surface area contributed by atoms with Crippen LogP contribution in [0.5, 0.6) is 0 Å². The highest BCUT2D eigenvalue weighted by Gasteiger charge is 2.40. The van der Waals surface area contributed by atoms with Crippen molar-refractivity contribution in [3.63, 3.8) is 0 Å². The van der Waals surface area contributed by atoms with Crippen LogP contribution in [0, 0.1) is 0 Å². The topological polar surface area (TPSA) is 59.2 Å². The first-order valence-electron chi connectivity index (χ1n) is 4.21. The minimum Gasteiger partial charge on any atom is -0.332 e. The van der Waals surface area contributed by atoms with E-state index in [2.05, 4.69) is 14.9 Å². The van der Waals surface area contributed by atoms with Crippen LogP contribution in [0.3, 0.4) is 0 Å². The maximum absolute atomic E-state index is 11.7. The summed E-state index contributed by atoms with van der Waals surface area (Å²) < 4.78 is 4.38. The van der Waals surface area contributed by atoms with E-state index in [9.17, 15) is 4.79 Å². The number of nitrogens with zero attached hydrogens (tertiary/aromatic N) is 3. The molecule has 2 heterocycles. The Kier molecular flexibility index (Phi) is 1.61. The summed E-state index contributed by atoms with van der Waals surface area (Å²) in [7, 11) is 0. The van der Waals surface area contributed by atoms with Crippen molar-refractivity contribution in [2.24, 2.45) is 0 Å². The van der Waals surface area contributed by atoms with Crippen LogP contribution in [0.2, 0.25) is 0 Å². The van der Waals surface area contributed by atoms with Crippen molar-refractivity contribution >= 4 is 5.91 Å². The van der Waals surface area contributed by atoms with Crippen LogP contribution in [0.15, 0.2) is 10.8 Å². The number of carbonyl (C=O) groups is 1. The zero-order valence-corrected chi connectivity index (χ0v) is 7.65. The lowest BCUT2D eigenvalue weighted by atomic mass is 9.88. The van der Waals surface area contributed by atoms with Crippen molar-refractivity contribution in [2.75, 3.05) is 6.54 Å². The number of hydrogen-bond acceptors (Lipinski definition) is 4. The standard InChI is InChI=1S/C8H11N3O2/c1-8(2)3-4-11(8)7(12)6-5-9-13-10-6/h5H,3-4H2,1-2H3. The molecule has 0 saturated carbocycles. The maximum Gasteiger partial charge on any atom is 0.278 e. The summed E-state index contributed by atoms with van der Waals surface area (Å²) in [6.07, 6.45) is 2.38. The van der Waals surface area contributed by atoms with E-state index in [-0.39, 0.29) is 17.1 Å². The molecular weight excluding hydrogens is 170 g/mol. The van der Waals surface area contributed by atoms with Crippen LogP contribution in [0.4, 0.5) is 0 Å². The second kappa shape index (κ2) is 2.55. The summed E-state index contributed by atoms with van der Waals surface area (Å²) in [6.45, 7) is 4.85. The van der Waals surface area contributed by atoms with Crippen molar-refractivity contribution in [3.05, 3.63) is 11.9 Å². The Morgan fingerprint density at radius 2 is 2.46 bits per heavy atom. The molecule has 1 aliphatic heterocycles. The molecule has 70 valence electrons. The average molecular weight is 181 g/mol. The lowest BCUT2D eigenvalue weighted by molar-refractivity contribution is 0.0148. The third-order valence-electron chi connectivity index (χ3n) is 2.50. The van der Waals surface area contributed by atoms with Gasteiger partial charge >= 0.3 is 0 Å². The second-order valence-electron chi connectivity index (χ2n) is 3.81. The molecule has 5 nitrogen and oxygen atoms in total. The Morgan fingerprint density at radius 3 is 2.85 bits per heavy atom. The minimum atomic E-state index is -0.0995. The number of aromatic nitrogens is 2. The fourth-order valence-electron chi connectivity index (χ4n) is 1.44. The van der Waals surface area contributed by atoms with Crippen LogP contribution < -0.4 is 0 Å². The van der Waals surface area contributed by atoms with Crippen molar-refractivity contribution in [2.45, 2.75) is 25.8 Å². The summed E-state index contributed by atoms with van der Waals surface area (Å²) in [5, 5.41) is 6.91. The Labute approximate surface area is 75.7 Å². The first-order valence-corrected chi connectivity index (χ1v) is 4.21. The van der Waals surface area contributed by atoms with E-state index in [0.717, 1.165) is 13.0 Å². The van der Waals surface area contributed by atoms with Crippen molar-refractivity contribution < 1.29 is 9.42 Å². The molecule has 0 bridgehead atoms. The molecule has 0 aliphatic carbocycles. The number of rotatable bonds is 1.